The lowest BCUT2D eigenvalue weighted by Crippen LogP contribution is -2.25. The highest BCUT2D eigenvalue weighted by Crippen LogP contribution is 2.22. The van der Waals surface area contributed by atoms with Crippen molar-refractivity contribution >= 4 is 5.91 Å². The predicted octanol–water partition coefficient (Wildman–Crippen LogP) is 0.443. The van der Waals surface area contributed by atoms with Crippen molar-refractivity contribution in [2.24, 2.45) is 0 Å². The number of amides is 1. The molecule has 1 aromatic carbocycles. The number of likely N-dealkylation sites (N-methyl/N-ethyl adjacent to an activating group) is 1. The van der Waals surface area contributed by atoms with Gasteiger partial charge in [0.15, 0.2) is 18.2 Å². The molecular formula is C10H12FNO3. The van der Waals surface area contributed by atoms with Crippen molar-refractivity contribution in [1.29, 1.82) is 0 Å². The summed E-state index contributed by atoms with van der Waals surface area (Å²) in [6.45, 7) is -0.606. The number of halogens is 1. The Labute approximate surface area is 86.7 Å². The molecule has 0 saturated heterocycles. The minimum Gasteiger partial charge on any atom is -0.480 e. The Morgan fingerprint density at radius 1 is 1.60 bits per heavy atom. The van der Waals surface area contributed by atoms with Gasteiger partial charge < -0.3 is 15.2 Å². The van der Waals surface area contributed by atoms with Crippen LogP contribution in [0.2, 0.25) is 0 Å². The minimum atomic E-state index is -0.592. The lowest BCUT2D eigenvalue weighted by Gasteiger charge is -2.09. The van der Waals surface area contributed by atoms with E-state index < -0.39 is 5.82 Å². The maximum absolute atomic E-state index is 13.2. The lowest BCUT2D eigenvalue weighted by atomic mass is 10.2. The molecule has 0 atom stereocenters. The number of para-hydroxylation sites is 1. The van der Waals surface area contributed by atoms with Crippen LogP contribution in [0, 0.1) is 5.82 Å². The average molecular weight is 213 g/mol. The van der Waals surface area contributed by atoms with E-state index in [1.165, 1.54) is 25.2 Å². The van der Waals surface area contributed by atoms with Crippen LogP contribution in [-0.4, -0.2) is 24.7 Å². The van der Waals surface area contributed by atoms with Gasteiger partial charge in [-0.05, 0) is 6.07 Å². The fraction of sp³-hybridized carbons (Fsp3) is 0.300. The van der Waals surface area contributed by atoms with Gasteiger partial charge in [0.25, 0.3) is 5.91 Å². The zero-order chi connectivity index (χ0) is 11.3. The molecule has 4 nitrogen and oxygen atoms in total. The topological polar surface area (TPSA) is 58.6 Å². The second-order valence-electron chi connectivity index (χ2n) is 2.85. The summed E-state index contributed by atoms with van der Waals surface area (Å²) in [6, 6.07) is 4.20. The molecule has 1 rings (SSSR count). The molecule has 0 unspecified atom stereocenters. The Bertz CT molecular complexity index is 355. The number of nitrogens with one attached hydrogen (secondary N) is 1. The van der Waals surface area contributed by atoms with E-state index in [-0.39, 0.29) is 24.9 Å². The van der Waals surface area contributed by atoms with Gasteiger partial charge in [0.1, 0.15) is 0 Å². The normalized spacial score (nSPS) is 9.80. The number of aliphatic hydroxyl groups is 1. The first-order chi connectivity index (χ1) is 7.19. The van der Waals surface area contributed by atoms with Crippen LogP contribution in [0.3, 0.4) is 0 Å². The first-order valence-electron chi connectivity index (χ1n) is 4.40. The van der Waals surface area contributed by atoms with Crippen LogP contribution in [0.4, 0.5) is 4.39 Å². The fourth-order valence-corrected chi connectivity index (χ4v) is 1.05. The molecule has 0 fully saturated rings. The molecule has 0 aliphatic heterocycles. The van der Waals surface area contributed by atoms with Gasteiger partial charge in [-0.25, -0.2) is 4.39 Å². The van der Waals surface area contributed by atoms with E-state index in [0.29, 0.717) is 5.56 Å². The lowest BCUT2D eigenvalue weighted by molar-refractivity contribution is -0.122. The van der Waals surface area contributed by atoms with Crippen molar-refractivity contribution in [3.8, 4) is 5.75 Å². The third-order valence-electron chi connectivity index (χ3n) is 1.85. The van der Waals surface area contributed by atoms with Crippen molar-refractivity contribution in [3.05, 3.63) is 29.6 Å². The van der Waals surface area contributed by atoms with Gasteiger partial charge in [-0.2, -0.15) is 0 Å². The van der Waals surface area contributed by atoms with Gasteiger partial charge in [0, 0.05) is 12.6 Å². The Kier molecular flexibility index (Phi) is 4.05. The SMILES string of the molecule is CNC(=O)COc1c(F)cccc1CO. The maximum atomic E-state index is 13.2. The van der Waals surface area contributed by atoms with E-state index in [1.807, 2.05) is 0 Å². The third kappa shape index (κ3) is 2.92. The highest BCUT2D eigenvalue weighted by Gasteiger charge is 2.10. The fourth-order valence-electron chi connectivity index (χ4n) is 1.05. The highest BCUT2D eigenvalue weighted by molar-refractivity contribution is 5.77. The Hall–Kier alpha value is -1.62. The van der Waals surface area contributed by atoms with Crippen molar-refractivity contribution in [2.45, 2.75) is 6.61 Å². The number of benzene rings is 1. The van der Waals surface area contributed by atoms with E-state index in [9.17, 15) is 9.18 Å². The second kappa shape index (κ2) is 5.31. The number of carbonyl (C=O) groups excluding carboxylic acids is 1. The number of hydrogen-bond acceptors (Lipinski definition) is 3. The van der Waals surface area contributed by atoms with E-state index >= 15 is 0 Å². The molecule has 0 saturated carbocycles. The Balaban J connectivity index is 2.78. The van der Waals surface area contributed by atoms with Gasteiger partial charge in [0.05, 0.1) is 6.61 Å². The molecule has 15 heavy (non-hydrogen) atoms. The largest absolute Gasteiger partial charge is 0.480 e. The van der Waals surface area contributed by atoms with Crippen molar-refractivity contribution in [2.75, 3.05) is 13.7 Å². The molecule has 0 radical (unpaired) electrons. The van der Waals surface area contributed by atoms with Gasteiger partial charge in [-0.1, -0.05) is 12.1 Å². The number of aliphatic hydroxyl groups excluding tert-OH is 1. The molecule has 82 valence electrons. The Morgan fingerprint density at radius 3 is 2.93 bits per heavy atom. The van der Waals surface area contributed by atoms with Crippen molar-refractivity contribution in [3.63, 3.8) is 0 Å². The van der Waals surface area contributed by atoms with Crippen LogP contribution < -0.4 is 10.1 Å². The summed E-state index contributed by atoms with van der Waals surface area (Å²) >= 11 is 0. The maximum Gasteiger partial charge on any atom is 0.257 e. The third-order valence-corrected chi connectivity index (χ3v) is 1.85. The van der Waals surface area contributed by atoms with E-state index in [4.69, 9.17) is 9.84 Å². The van der Waals surface area contributed by atoms with Gasteiger partial charge in [0.2, 0.25) is 0 Å². The molecule has 0 bridgehead atoms. The summed E-state index contributed by atoms with van der Waals surface area (Å²) in [5, 5.41) is 11.3. The monoisotopic (exact) mass is 213 g/mol. The summed E-state index contributed by atoms with van der Waals surface area (Å²) in [6.07, 6.45) is 0. The number of hydrogen-bond donors (Lipinski definition) is 2. The molecule has 2 N–H and O–H groups in total. The molecule has 5 heteroatoms. The zero-order valence-electron chi connectivity index (χ0n) is 8.29. The van der Waals surface area contributed by atoms with E-state index in [2.05, 4.69) is 5.32 Å². The molecule has 0 aliphatic rings. The second-order valence-corrected chi connectivity index (χ2v) is 2.85. The predicted molar refractivity (Wildman–Crippen MR) is 51.9 cm³/mol. The molecule has 0 spiro atoms. The van der Waals surface area contributed by atoms with Gasteiger partial charge in [-0.15, -0.1) is 0 Å². The molecular weight excluding hydrogens is 201 g/mol. The smallest absolute Gasteiger partial charge is 0.257 e. The first-order valence-corrected chi connectivity index (χ1v) is 4.40. The zero-order valence-corrected chi connectivity index (χ0v) is 8.29. The van der Waals surface area contributed by atoms with Crippen molar-refractivity contribution < 1.29 is 19.0 Å². The van der Waals surface area contributed by atoms with Crippen LogP contribution >= 0.6 is 0 Å². The van der Waals surface area contributed by atoms with Crippen molar-refractivity contribution in [1.82, 2.24) is 5.32 Å². The number of ether oxygens (including phenoxy) is 1. The summed E-state index contributed by atoms with van der Waals surface area (Å²) in [5.74, 6) is -1.03. The van der Waals surface area contributed by atoms with Crippen LogP contribution in [0.25, 0.3) is 0 Å². The van der Waals surface area contributed by atoms with Crippen LogP contribution in [-0.2, 0) is 11.4 Å². The number of rotatable bonds is 4. The summed E-state index contributed by atoms with van der Waals surface area (Å²) < 4.78 is 18.2. The standard InChI is InChI=1S/C10H12FNO3/c1-12-9(14)6-15-10-7(5-13)3-2-4-8(10)11/h2-4,13H,5-6H2,1H3,(H,12,14). The van der Waals surface area contributed by atoms with Crippen LogP contribution in [0.1, 0.15) is 5.56 Å². The van der Waals surface area contributed by atoms with Gasteiger partial charge in [-0.3, -0.25) is 4.79 Å². The molecule has 1 amide bonds. The summed E-state index contributed by atoms with van der Waals surface area (Å²) in [5.41, 5.74) is 0.318. The summed E-state index contributed by atoms with van der Waals surface area (Å²) in [7, 11) is 1.46. The Morgan fingerprint density at radius 2 is 2.33 bits per heavy atom. The van der Waals surface area contributed by atoms with E-state index in [1.54, 1.807) is 0 Å². The van der Waals surface area contributed by atoms with Crippen LogP contribution in [0.15, 0.2) is 18.2 Å². The molecule has 0 aromatic heterocycles. The highest BCUT2D eigenvalue weighted by atomic mass is 19.1. The molecule has 0 heterocycles. The number of carbonyl (C=O) groups is 1. The van der Waals surface area contributed by atoms with Gasteiger partial charge >= 0.3 is 0 Å². The molecule has 1 aromatic rings. The minimum absolute atomic E-state index is 0.0800. The first kappa shape index (κ1) is 11.5. The quantitative estimate of drug-likeness (QED) is 0.763. The van der Waals surface area contributed by atoms with Crippen LogP contribution in [0.5, 0.6) is 5.75 Å². The van der Waals surface area contributed by atoms with E-state index in [0.717, 1.165) is 0 Å². The average Bonchev–Trinajstić information content (AvgIpc) is 2.26. The summed E-state index contributed by atoms with van der Waals surface area (Å²) in [4.78, 5) is 10.9. The molecule has 0 aliphatic carbocycles.